The van der Waals surface area contributed by atoms with E-state index in [1.165, 1.54) is 7.11 Å². The Bertz CT molecular complexity index is 929. The molecule has 0 amide bonds. The highest BCUT2D eigenvalue weighted by atomic mass is 19.4. The van der Waals surface area contributed by atoms with Crippen molar-refractivity contribution < 1.29 is 32.5 Å². The first-order valence-corrected chi connectivity index (χ1v) is 9.52. The summed E-state index contributed by atoms with van der Waals surface area (Å²) >= 11 is 0. The predicted molar refractivity (Wildman–Crippen MR) is 106 cm³/mol. The van der Waals surface area contributed by atoms with Crippen molar-refractivity contribution in [2.75, 3.05) is 25.6 Å². The molecule has 0 aliphatic heterocycles. The number of ether oxygens (including phenoxy) is 2. The number of carboxylic acids is 1. The number of alkyl halides is 3. The molecule has 11 heteroatoms. The lowest BCUT2D eigenvalue weighted by Gasteiger charge is -2.21. The number of aliphatic carboxylic acids is 1. The Labute approximate surface area is 176 Å². The largest absolute Gasteiger partial charge is 0.497 e. The van der Waals surface area contributed by atoms with Gasteiger partial charge in [0, 0.05) is 6.04 Å². The van der Waals surface area contributed by atoms with E-state index in [0.717, 1.165) is 10.9 Å². The second-order valence-corrected chi connectivity index (χ2v) is 6.71. The molecule has 1 heterocycles. The van der Waals surface area contributed by atoms with Gasteiger partial charge in [0.15, 0.2) is 0 Å². The number of hydrogen-bond acceptors (Lipinski definition) is 6. The normalized spacial score (nSPS) is 12.4. The van der Waals surface area contributed by atoms with Gasteiger partial charge in [-0.05, 0) is 24.1 Å². The van der Waals surface area contributed by atoms with Crippen LogP contribution in [0.25, 0.3) is 0 Å². The van der Waals surface area contributed by atoms with Gasteiger partial charge in [-0.3, -0.25) is 9.59 Å². The van der Waals surface area contributed by atoms with Gasteiger partial charge in [0.05, 0.1) is 45.2 Å². The summed E-state index contributed by atoms with van der Waals surface area (Å²) in [5.41, 5.74) is -2.48. The summed E-state index contributed by atoms with van der Waals surface area (Å²) < 4.78 is 52.0. The van der Waals surface area contributed by atoms with Crippen LogP contribution in [0.15, 0.2) is 35.3 Å². The molecule has 0 unspecified atom stereocenters. The van der Waals surface area contributed by atoms with E-state index in [-0.39, 0.29) is 26.2 Å². The number of methoxy groups -OCH3 is 1. The quantitative estimate of drug-likeness (QED) is 0.515. The molecule has 2 rings (SSSR count). The number of nitrogens with one attached hydrogen (secondary N) is 1. The summed E-state index contributed by atoms with van der Waals surface area (Å²) in [5.74, 6) is -0.458. The molecule has 0 fully saturated rings. The molecule has 0 spiro atoms. The Morgan fingerprint density at radius 3 is 2.52 bits per heavy atom. The van der Waals surface area contributed by atoms with Crippen LogP contribution in [-0.2, 0) is 22.3 Å². The Morgan fingerprint density at radius 1 is 1.29 bits per heavy atom. The number of nitrogens with zero attached hydrogens (tertiary/aromatic N) is 2. The van der Waals surface area contributed by atoms with Crippen molar-refractivity contribution in [1.82, 2.24) is 9.78 Å². The molecular formula is C20H24F3N3O5. The average Bonchev–Trinajstić information content (AvgIpc) is 2.71. The third kappa shape index (κ3) is 6.99. The molecule has 31 heavy (non-hydrogen) atoms. The highest BCUT2D eigenvalue weighted by Crippen LogP contribution is 2.32. The molecule has 2 N–H and O–H groups in total. The van der Waals surface area contributed by atoms with Crippen molar-refractivity contribution in [1.29, 1.82) is 0 Å². The maximum Gasteiger partial charge on any atom is 0.423 e. The fourth-order valence-corrected chi connectivity index (χ4v) is 2.76. The first kappa shape index (κ1) is 24.2. The number of benzene rings is 1. The fourth-order valence-electron chi connectivity index (χ4n) is 2.76. The minimum atomic E-state index is -4.90. The Hall–Kier alpha value is -3.08. The van der Waals surface area contributed by atoms with Crippen molar-refractivity contribution in [2.24, 2.45) is 0 Å². The van der Waals surface area contributed by atoms with E-state index in [2.05, 4.69) is 10.4 Å². The van der Waals surface area contributed by atoms with Gasteiger partial charge in [0.1, 0.15) is 11.3 Å². The van der Waals surface area contributed by atoms with E-state index in [1.807, 2.05) is 0 Å². The second kappa shape index (κ2) is 10.8. The lowest BCUT2D eigenvalue weighted by atomic mass is 10.1. The first-order chi connectivity index (χ1) is 14.7. The van der Waals surface area contributed by atoms with Crippen LogP contribution >= 0.6 is 0 Å². The molecule has 170 valence electrons. The Balaban J connectivity index is 2.24. The van der Waals surface area contributed by atoms with E-state index < -0.39 is 35.0 Å². The highest BCUT2D eigenvalue weighted by Gasteiger charge is 2.38. The fraction of sp³-hybridized carbons (Fsp3) is 0.450. The van der Waals surface area contributed by atoms with E-state index in [1.54, 1.807) is 31.2 Å². The van der Waals surface area contributed by atoms with E-state index in [4.69, 9.17) is 14.6 Å². The summed E-state index contributed by atoms with van der Waals surface area (Å²) in [6.45, 7) is 1.50. The number of anilines is 1. The maximum absolute atomic E-state index is 13.7. The van der Waals surface area contributed by atoms with Crippen molar-refractivity contribution in [3.05, 3.63) is 51.9 Å². The van der Waals surface area contributed by atoms with Crippen LogP contribution in [0.3, 0.4) is 0 Å². The smallest absolute Gasteiger partial charge is 0.423 e. The molecule has 0 aliphatic carbocycles. The topological polar surface area (TPSA) is 103 Å². The summed E-state index contributed by atoms with van der Waals surface area (Å²) in [7, 11) is 1.49. The highest BCUT2D eigenvalue weighted by molar-refractivity contribution is 5.66. The van der Waals surface area contributed by atoms with Gasteiger partial charge in [-0.1, -0.05) is 19.1 Å². The molecule has 0 saturated carbocycles. The minimum Gasteiger partial charge on any atom is -0.497 e. The zero-order chi connectivity index (χ0) is 23.0. The van der Waals surface area contributed by atoms with Crippen LogP contribution in [0.5, 0.6) is 5.75 Å². The molecule has 1 atom stereocenters. The number of aromatic nitrogens is 2. The van der Waals surface area contributed by atoms with Gasteiger partial charge in [-0.2, -0.15) is 18.3 Å². The zero-order valence-corrected chi connectivity index (χ0v) is 17.1. The van der Waals surface area contributed by atoms with Crippen molar-refractivity contribution in [2.45, 2.75) is 38.5 Å². The van der Waals surface area contributed by atoms with Gasteiger partial charge in [0.25, 0.3) is 5.56 Å². The first-order valence-electron chi connectivity index (χ1n) is 9.52. The molecule has 8 nitrogen and oxygen atoms in total. The van der Waals surface area contributed by atoms with Crippen LogP contribution in [0.4, 0.5) is 18.9 Å². The number of carbonyl (C=O) groups is 1. The van der Waals surface area contributed by atoms with Crippen LogP contribution in [-0.4, -0.2) is 47.2 Å². The monoisotopic (exact) mass is 443 g/mol. The van der Waals surface area contributed by atoms with Gasteiger partial charge >= 0.3 is 12.1 Å². The molecule has 0 radical (unpaired) electrons. The SMILES string of the molecule is CC[C@@H](COCCC(=O)O)Nc1cnn(Cc2ccc(OC)cc2)c(=O)c1C(F)(F)F. The number of carboxylic acid groups (broad SMARTS) is 1. The molecule has 0 saturated heterocycles. The summed E-state index contributed by atoms with van der Waals surface area (Å²) in [5, 5.41) is 15.2. The van der Waals surface area contributed by atoms with Crippen molar-refractivity contribution in [3.8, 4) is 5.75 Å². The third-order valence-corrected chi connectivity index (χ3v) is 4.45. The van der Waals surface area contributed by atoms with E-state index in [9.17, 15) is 22.8 Å². The molecule has 1 aromatic heterocycles. The molecular weight excluding hydrogens is 419 g/mol. The van der Waals surface area contributed by atoms with E-state index >= 15 is 0 Å². The Kier molecular flexibility index (Phi) is 8.43. The van der Waals surface area contributed by atoms with Crippen LogP contribution in [0.2, 0.25) is 0 Å². The molecule has 1 aromatic carbocycles. The summed E-state index contributed by atoms with van der Waals surface area (Å²) in [6.07, 6.45) is -3.76. The van der Waals surface area contributed by atoms with Gasteiger partial charge < -0.3 is 19.9 Å². The maximum atomic E-state index is 13.7. The van der Waals surface area contributed by atoms with Crippen LogP contribution in [0.1, 0.15) is 30.9 Å². The molecule has 0 bridgehead atoms. The standard InChI is InChI=1S/C20H24F3N3O5/c1-3-14(12-31-9-8-17(27)28)25-16-10-24-26(19(29)18(16)20(21,22)23)11-13-4-6-15(30-2)7-5-13/h4-7,10,14,25H,3,8-9,11-12H2,1-2H3,(H,27,28)/t14-/m0/s1. The number of rotatable bonds is 11. The molecule has 0 aliphatic rings. The van der Waals surface area contributed by atoms with Crippen LogP contribution < -0.4 is 15.6 Å². The van der Waals surface area contributed by atoms with Gasteiger partial charge in [-0.15, -0.1) is 0 Å². The summed E-state index contributed by atoms with van der Waals surface area (Å²) in [6, 6.07) is 5.98. The van der Waals surface area contributed by atoms with E-state index in [0.29, 0.717) is 17.7 Å². The zero-order valence-electron chi connectivity index (χ0n) is 17.1. The number of halogens is 3. The lowest BCUT2D eigenvalue weighted by Crippen LogP contribution is -2.34. The average molecular weight is 443 g/mol. The minimum absolute atomic E-state index is 0.0178. The van der Waals surface area contributed by atoms with Crippen molar-refractivity contribution >= 4 is 11.7 Å². The lowest BCUT2D eigenvalue weighted by molar-refractivity contribution is -0.139. The van der Waals surface area contributed by atoms with Gasteiger partial charge in [0.2, 0.25) is 0 Å². The predicted octanol–water partition coefficient (Wildman–Crippen LogP) is 3.00. The second-order valence-electron chi connectivity index (χ2n) is 6.71. The third-order valence-electron chi connectivity index (χ3n) is 4.45. The number of hydrogen-bond donors (Lipinski definition) is 2. The summed E-state index contributed by atoms with van der Waals surface area (Å²) in [4.78, 5) is 23.1. The van der Waals surface area contributed by atoms with Gasteiger partial charge in [-0.25, -0.2) is 4.68 Å². The van der Waals surface area contributed by atoms with Crippen LogP contribution in [0, 0.1) is 0 Å². The molecule has 2 aromatic rings. The Morgan fingerprint density at radius 2 is 1.97 bits per heavy atom. The van der Waals surface area contributed by atoms with Crippen molar-refractivity contribution in [3.63, 3.8) is 0 Å².